The van der Waals surface area contributed by atoms with Crippen molar-refractivity contribution < 1.29 is 32.5 Å². The average molecular weight is 356 g/mol. The summed E-state index contributed by atoms with van der Waals surface area (Å²) in [5, 5.41) is 0. The first-order chi connectivity index (χ1) is 11.8. The molecule has 3 fully saturated rings. The van der Waals surface area contributed by atoms with Crippen LogP contribution in [-0.4, -0.2) is 51.0 Å². The third-order valence-corrected chi connectivity index (χ3v) is 5.54. The van der Waals surface area contributed by atoms with E-state index in [9.17, 15) is 0 Å². The third-order valence-electron chi connectivity index (χ3n) is 4.24. The van der Waals surface area contributed by atoms with Gasteiger partial charge in [-0.15, -0.1) is 0 Å². The van der Waals surface area contributed by atoms with Crippen molar-refractivity contribution in [1.29, 1.82) is 0 Å². The highest BCUT2D eigenvalue weighted by Gasteiger charge is 2.57. The quantitative estimate of drug-likeness (QED) is 0.768. The molecule has 0 saturated carbocycles. The van der Waals surface area contributed by atoms with E-state index in [1.165, 1.54) is 0 Å². The first kappa shape index (κ1) is 16.8. The molecule has 1 aromatic carbocycles. The van der Waals surface area contributed by atoms with E-state index in [2.05, 4.69) is 0 Å². The van der Waals surface area contributed by atoms with E-state index in [1.807, 2.05) is 37.3 Å². The highest BCUT2D eigenvalue weighted by Crippen LogP contribution is 2.54. The minimum Gasteiger partial charge on any atom is -0.353 e. The van der Waals surface area contributed by atoms with Crippen molar-refractivity contribution in [2.75, 3.05) is 20.3 Å². The van der Waals surface area contributed by atoms with Crippen LogP contribution in [-0.2, 0) is 32.5 Å². The highest BCUT2D eigenvalue weighted by atomic mass is 31.2. The van der Waals surface area contributed by atoms with Gasteiger partial charge in [0.15, 0.2) is 12.6 Å². The molecule has 0 N–H and O–H groups in total. The number of ether oxygens (including phenoxy) is 4. The number of fused-ring (bicyclic) bond motifs is 3. The summed E-state index contributed by atoms with van der Waals surface area (Å²) in [5.74, 6) is 0. The zero-order valence-electron chi connectivity index (χ0n) is 13.6. The van der Waals surface area contributed by atoms with E-state index < -0.39 is 21.2 Å². The average Bonchev–Trinajstić information content (AvgIpc) is 3.06. The lowest BCUT2D eigenvalue weighted by atomic mass is 9.98. The third kappa shape index (κ3) is 3.11. The molecular formula is C16H21O7P. The molecule has 0 radical (unpaired) electrons. The number of hydrogen-bond acceptors (Lipinski definition) is 7. The van der Waals surface area contributed by atoms with Crippen molar-refractivity contribution in [3.63, 3.8) is 0 Å². The van der Waals surface area contributed by atoms with Crippen LogP contribution in [0.2, 0.25) is 0 Å². The molecule has 2 unspecified atom stereocenters. The van der Waals surface area contributed by atoms with Crippen molar-refractivity contribution in [3.05, 3.63) is 35.9 Å². The maximum Gasteiger partial charge on any atom is 0.333 e. The molecule has 4 rings (SSSR count). The molecule has 3 saturated heterocycles. The van der Waals surface area contributed by atoms with Gasteiger partial charge in [0.25, 0.3) is 0 Å². The fraction of sp³-hybridized carbons (Fsp3) is 0.625. The second-order valence-electron chi connectivity index (χ2n) is 5.74. The largest absolute Gasteiger partial charge is 0.353 e. The van der Waals surface area contributed by atoms with Gasteiger partial charge in [0.1, 0.15) is 24.4 Å². The second-order valence-corrected chi connectivity index (χ2v) is 6.86. The van der Waals surface area contributed by atoms with Crippen molar-refractivity contribution in [2.45, 2.75) is 43.9 Å². The predicted octanol–water partition coefficient (Wildman–Crippen LogP) is 2.52. The Bertz CT molecular complexity index is 544. The van der Waals surface area contributed by atoms with Crippen molar-refractivity contribution >= 4 is 8.60 Å². The lowest BCUT2D eigenvalue weighted by Gasteiger charge is -2.45. The Morgan fingerprint density at radius 2 is 1.88 bits per heavy atom. The molecule has 1 aromatic rings. The summed E-state index contributed by atoms with van der Waals surface area (Å²) >= 11 is 0. The zero-order valence-corrected chi connectivity index (χ0v) is 14.5. The van der Waals surface area contributed by atoms with Gasteiger partial charge in [-0.1, -0.05) is 30.3 Å². The molecule has 132 valence electrons. The van der Waals surface area contributed by atoms with Crippen molar-refractivity contribution in [2.24, 2.45) is 0 Å². The molecule has 0 amide bonds. The van der Waals surface area contributed by atoms with Crippen LogP contribution in [0.4, 0.5) is 0 Å². The van der Waals surface area contributed by atoms with Crippen LogP contribution in [0, 0.1) is 0 Å². The number of benzene rings is 1. The van der Waals surface area contributed by atoms with Crippen LogP contribution in [0.15, 0.2) is 30.3 Å². The smallest absolute Gasteiger partial charge is 0.333 e. The van der Waals surface area contributed by atoms with Crippen LogP contribution < -0.4 is 0 Å². The van der Waals surface area contributed by atoms with Gasteiger partial charge in [-0.2, -0.15) is 0 Å². The topological polar surface area (TPSA) is 64.6 Å². The minimum absolute atomic E-state index is 0.267. The molecular weight excluding hydrogens is 335 g/mol. The summed E-state index contributed by atoms with van der Waals surface area (Å²) in [6.07, 6.45) is -2.21. The van der Waals surface area contributed by atoms with Crippen LogP contribution in [0.25, 0.3) is 0 Å². The molecule has 0 aromatic heterocycles. The van der Waals surface area contributed by atoms with Crippen molar-refractivity contribution in [3.8, 4) is 0 Å². The lowest BCUT2D eigenvalue weighted by Crippen LogP contribution is -2.61. The maximum atomic E-state index is 6.16. The molecule has 3 heterocycles. The maximum absolute atomic E-state index is 6.16. The van der Waals surface area contributed by atoms with E-state index >= 15 is 0 Å². The van der Waals surface area contributed by atoms with E-state index in [1.54, 1.807) is 7.11 Å². The fourth-order valence-electron chi connectivity index (χ4n) is 3.14. The summed E-state index contributed by atoms with van der Waals surface area (Å²) in [6.45, 7) is 2.83. The summed E-state index contributed by atoms with van der Waals surface area (Å²) < 4.78 is 40.7. The summed E-state index contributed by atoms with van der Waals surface area (Å²) in [6, 6.07) is 9.82. The predicted molar refractivity (Wildman–Crippen MR) is 84.0 cm³/mol. The summed E-state index contributed by atoms with van der Waals surface area (Å²) in [4.78, 5) is 0. The molecule has 24 heavy (non-hydrogen) atoms. The van der Waals surface area contributed by atoms with E-state index in [0.29, 0.717) is 13.2 Å². The number of hydrogen-bond donors (Lipinski definition) is 0. The monoisotopic (exact) mass is 356 g/mol. The Kier molecular flexibility index (Phi) is 5.13. The van der Waals surface area contributed by atoms with Gasteiger partial charge in [-0.05, 0) is 6.92 Å². The SMILES string of the molecule is CCOP1O[C@@H]2[C@H](O1)[C@@H](OC)O[C@@H]1COC(c3ccccc3)O[C@@H]21. The molecule has 8 heteroatoms. The van der Waals surface area contributed by atoms with Crippen molar-refractivity contribution in [1.82, 2.24) is 0 Å². The van der Waals surface area contributed by atoms with Gasteiger partial charge in [0.2, 0.25) is 0 Å². The fourth-order valence-corrected chi connectivity index (χ4v) is 4.38. The molecule has 3 aliphatic rings. The minimum atomic E-state index is -1.41. The van der Waals surface area contributed by atoms with Crippen LogP contribution in [0.5, 0.6) is 0 Å². The van der Waals surface area contributed by atoms with Crippen LogP contribution >= 0.6 is 8.60 Å². The lowest BCUT2D eigenvalue weighted by molar-refractivity contribution is -0.343. The number of methoxy groups -OCH3 is 1. The van der Waals surface area contributed by atoms with Gasteiger partial charge in [0, 0.05) is 12.7 Å². The Balaban J connectivity index is 1.52. The molecule has 0 aliphatic carbocycles. The van der Waals surface area contributed by atoms with Gasteiger partial charge >= 0.3 is 8.60 Å². The normalized spacial score (nSPS) is 41.7. The first-order valence-corrected chi connectivity index (χ1v) is 9.16. The molecule has 3 aliphatic heterocycles. The summed E-state index contributed by atoms with van der Waals surface area (Å²) in [5.41, 5.74) is 0.965. The van der Waals surface area contributed by atoms with E-state index in [-0.39, 0.29) is 24.4 Å². The molecule has 0 bridgehead atoms. The molecule has 0 spiro atoms. The van der Waals surface area contributed by atoms with Gasteiger partial charge < -0.3 is 32.5 Å². The standard InChI is InChI=1S/C16H21O7P/c1-3-19-24-22-13-12-11(20-16(17-2)14(13)23-24)9-18-15(21-12)10-7-5-4-6-8-10/h4-8,11-16H,3,9H2,1-2H3/t11-,12-,13+,14+,15?,16+,24?/m1/s1. The Labute approximate surface area is 142 Å². The first-order valence-electron chi connectivity index (χ1n) is 8.07. The summed E-state index contributed by atoms with van der Waals surface area (Å²) in [7, 11) is 0.178. The van der Waals surface area contributed by atoms with Gasteiger partial charge in [0.05, 0.1) is 13.2 Å². The number of rotatable bonds is 4. The van der Waals surface area contributed by atoms with E-state index in [0.717, 1.165) is 5.56 Å². The highest BCUT2D eigenvalue weighted by molar-refractivity contribution is 7.42. The van der Waals surface area contributed by atoms with Crippen LogP contribution in [0.3, 0.4) is 0 Å². The van der Waals surface area contributed by atoms with Crippen LogP contribution in [0.1, 0.15) is 18.8 Å². The Morgan fingerprint density at radius 1 is 1.08 bits per heavy atom. The van der Waals surface area contributed by atoms with Gasteiger partial charge in [-0.3, -0.25) is 0 Å². The second kappa shape index (κ2) is 7.32. The zero-order chi connectivity index (χ0) is 16.5. The molecule has 7 nitrogen and oxygen atoms in total. The molecule has 7 atom stereocenters. The Morgan fingerprint density at radius 3 is 2.62 bits per heavy atom. The van der Waals surface area contributed by atoms with Gasteiger partial charge in [-0.25, -0.2) is 0 Å². The Hall–Kier alpha value is -0.630. The van der Waals surface area contributed by atoms with E-state index in [4.69, 9.17) is 32.5 Å².